The van der Waals surface area contributed by atoms with Crippen molar-refractivity contribution in [3.8, 4) is 6.07 Å². The fourth-order valence-electron chi connectivity index (χ4n) is 1.37. The Bertz CT molecular complexity index is 382. The number of nitrogens with zero attached hydrogens (tertiary/aromatic N) is 3. The number of hydrogen-bond acceptors (Lipinski definition) is 5. The van der Waals surface area contributed by atoms with Crippen LogP contribution >= 0.6 is 0 Å². The lowest BCUT2D eigenvalue weighted by Gasteiger charge is -2.18. The highest BCUT2D eigenvalue weighted by Gasteiger charge is 2.05. The lowest BCUT2D eigenvalue weighted by molar-refractivity contribution is 0.709. The zero-order valence-corrected chi connectivity index (χ0v) is 9.70. The fourth-order valence-corrected chi connectivity index (χ4v) is 1.37. The molecule has 0 saturated heterocycles. The summed E-state index contributed by atoms with van der Waals surface area (Å²) in [6.45, 7) is 1.85. The fraction of sp³-hybridized carbons (Fsp3) is 0.455. The Hall–Kier alpha value is -1.80. The normalized spacial score (nSPS) is 9.81. The minimum Gasteiger partial charge on any atom is -0.396 e. The van der Waals surface area contributed by atoms with Crippen molar-refractivity contribution in [2.45, 2.75) is 6.42 Å². The maximum atomic E-state index is 8.82. The Labute approximate surface area is 95.9 Å². The average molecular weight is 219 g/mol. The van der Waals surface area contributed by atoms with E-state index in [1.807, 2.05) is 31.1 Å². The number of anilines is 2. The van der Waals surface area contributed by atoms with Crippen LogP contribution in [0.15, 0.2) is 12.1 Å². The molecule has 1 heterocycles. The van der Waals surface area contributed by atoms with Crippen molar-refractivity contribution in [2.75, 3.05) is 37.8 Å². The summed E-state index contributed by atoms with van der Waals surface area (Å²) in [5, 5.41) is 11.9. The topological polar surface area (TPSA) is 78.0 Å². The molecule has 0 aliphatic rings. The molecule has 1 aromatic rings. The Morgan fingerprint density at radius 1 is 1.56 bits per heavy atom. The molecule has 5 nitrogen and oxygen atoms in total. The Kier molecular flexibility index (Phi) is 4.55. The van der Waals surface area contributed by atoms with E-state index >= 15 is 0 Å². The van der Waals surface area contributed by atoms with Gasteiger partial charge in [-0.3, -0.25) is 0 Å². The van der Waals surface area contributed by atoms with Crippen molar-refractivity contribution in [3.05, 3.63) is 17.8 Å². The molecule has 0 spiro atoms. The van der Waals surface area contributed by atoms with E-state index in [-0.39, 0.29) is 5.69 Å². The van der Waals surface area contributed by atoms with Crippen LogP contribution in [0, 0.1) is 11.3 Å². The van der Waals surface area contributed by atoms with Gasteiger partial charge < -0.3 is 16.0 Å². The maximum absolute atomic E-state index is 8.82. The molecule has 5 heteroatoms. The molecule has 0 radical (unpaired) electrons. The van der Waals surface area contributed by atoms with Gasteiger partial charge in [-0.25, -0.2) is 4.98 Å². The van der Waals surface area contributed by atoms with Gasteiger partial charge in [0.05, 0.1) is 5.69 Å². The number of rotatable bonds is 5. The van der Waals surface area contributed by atoms with E-state index in [2.05, 4.69) is 10.3 Å². The van der Waals surface area contributed by atoms with E-state index in [4.69, 9.17) is 11.0 Å². The zero-order chi connectivity index (χ0) is 12.0. The van der Waals surface area contributed by atoms with Crippen LogP contribution in [0.3, 0.4) is 0 Å². The molecule has 0 aliphatic heterocycles. The first-order chi connectivity index (χ1) is 7.69. The lowest BCUT2D eigenvalue weighted by Crippen LogP contribution is -2.23. The highest BCUT2D eigenvalue weighted by Crippen LogP contribution is 2.15. The molecule has 0 fully saturated rings. The number of nitrogens with two attached hydrogens (primary N) is 1. The summed E-state index contributed by atoms with van der Waals surface area (Å²) in [7, 11) is 3.88. The summed E-state index contributed by atoms with van der Waals surface area (Å²) in [4.78, 5) is 6.20. The van der Waals surface area contributed by atoms with Gasteiger partial charge in [0, 0.05) is 13.6 Å². The SMILES string of the molecule is CNCCCN(C)c1ccc(N)c(C#N)n1. The van der Waals surface area contributed by atoms with Crippen molar-refractivity contribution in [1.29, 1.82) is 5.26 Å². The van der Waals surface area contributed by atoms with E-state index in [1.165, 1.54) is 0 Å². The van der Waals surface area contributed by atoms with Gasteiger partial charge in [-0.05, 0) is 32.1 Å². The minimum atomic E-state index is 0.290. The van der Waals surface area contributed by atoms with Crippen molar-refractivity contribution in [1.82, 2.24) is 10.3 Å². The number of pyridine rings is 1. The maximum Gasteiger partial charge on any atom is 0.165 e. The molecule has 86 valence electrons. The number of nitrogen functional groups attached to an aromatic ring is 1. The summed E-state index contributed by atoms with van der Waals surface area (Å²) in [5.74, 6) is 0.779. The molecule has 0 unspecified atom stereocenters. The second-order valence-electron chi connectivity index (χ2n) is 3.60. The predicted molar refractivity (Wildman–Crippen MR) is 65.2 cm³/mol. The first-order valence-electron chi connectivity index (χ1n) is 5.21. The van der Waals surface area contributed by atoms with Crippen molar-refractivity contribution in [3.63, 3.8) is 0 Å². The molecule has 1 aromatic heterocycles. The van der Waals surface area contributed by atoms with Gasteiger partial charge in [-0.2, -0.15) is 5.26 Å². The van der Waals surface area contributed by atoms with E-state index in [9.17, 15) is 0 Å². The van der Waals surface area contributed by atoms with E-state index in [0.29, 0.717) is 5.69 Å². The third kappa shape index (κ3) is 3.11. The quantitative estimate of drug-likeness (QED) is 0.708. The highest BCUT2D eigenvalue weighted by molar-refractivity contribution is 5.55. The van der Waals surface area contributed by atoms with Gasteiger partial charge in [-0.1, -0.05) is 0 Å². The molecule has 0 aliphatic carbocycles. The standard InChI is InChI=1S/C11H17N5/c1-14-6-3-7-16(2)11-5-4-9(13)10(8-12)15-11/h4-5,14H,3,6-7,13H2,1-2H3. The van der Waals surface area contributed by atoms with Gasteiger partial charge >= 0.3 is 0 Å². The third-order valence-electron chi connectivity index (χ3n) is 2.33. The molecule has 16 heavy (non-hydrogen) atoms. The summed E-state index contributed by atoms with van der Waals surface area (Å²) < 4.78 is 0. The number of nitrogens with one attached hydrogen (secondary N) is 1. The molecule has 1 rings (SSSR count). The smallest absolute Gasteiger partial charge is 0.165 e. The molecular formula is C11H17N5. The Balaban J connectivity index is 2.69. The Morgan fingerprint density at radius 3 is 2.94 bits per heavy atom. The molecule has 0 amide bonds. The van der Waals surface area contributed by atoms with Crippen LogP contribution in [-0.2, 0) is 0 Å². The molecule has 0 bridgehead atoms. The Morgan fingerprint density at radius 2 is 2.31 bits per heavy atom. The van der Waals surface area contributed by atoms with Gasteiger partial charge in [-0.15, -0.1) is 0 Å². The predicted octanol–water partition coefficient (Wildman–Crippen LogP) is 0.581. The molecular weight excluding hydrogens is 202 g/mol. The number of aromatic nitrogens is 1. The van der Waals surface area contributed by atoms with Crippen LogP contribution < -0.4 is 16.0 Å². The van der Waals surface area contributed by atoms with Crippen LogP contribution in [0.4, 0.5) is 11.5 Å². The summed E-state index contributed by atoms with van der Waals surface area (Å²) >= 11 is 0. The minimum absolute atomic E-state index is 0.290. The van der Waals surface area contributed by atoms with Crippen LogP contribution in [0.5, 0.6) is 0 Å². The summed E-state index contributed by atoms with van der Waals surface area (Å²) in [5.41, 5.74) is 6.32. The first-order valence-corrected chi connectivity index (χ1v) is 5.21. The zero-order valence-electron chi connectivity index (χ0n) is 9.70. The van der Waals surface area contributed by atoms with Crippen LogP contribution in [0.2, 0.25) is 0 Å². The second kappa shape index (κ2) is 5.93. The van der Waals surface area contributed by atoms with Gasteiger partial charge in [0.2, 0.25) is 0 Å². The summed E-state index contributed by atoms with van der Waals surface area (Å²) in [6.07, 6.45) is 1.03. The molecule has 0 atom stereocenters. The summed E-state index contributed by atoms with van der Waals surface area (Å²) in [6, 6.07) is 5.53. The van der Waals surface area contributed by atoms with Crippen LogP contribution in [-0.4, -0.2) is 32.2 Å². The molecule has 0 saturated carbocycles. The van der Waals surface area contributed by atoms with Gasteiger partial charge in [0.1, 0.15) is 11.9 Å². The average Bonchev–Trinajstić information content (AvgIpc) is 2.30. The monoisotopic (exact) mass is 219 g/mol. The second-order valence-corrected chi connectivity index (χ2v) is 3.60. The van der Waals surface area contributed by atoms with Gasteiger partial charge in [0.15, 0.2) is 5.69 Å². The molecule has 0 aromatic carbocycles. The molecule has 3 N–H and O–H groups in total. The highest BCUT2D eigenvalue weighted by atomic mass is 15.2. The van der Waals surface area contributed by atoms with Crippen LogP contribution in [0.1, 0.15) is 12.1 Å². The van der Waals surface area contributed by atoms with Crippen molar-refractivity contribution in [2.24, 2.45) is 0 Å². The number of nitriles is 1. The lowest BCUT2D eigenvalue weighted by atomic mass is 10.3. The first kappa shape index (κ1) is 12.3. The van der Waals surface area contributed by atoms with Gasteiger partial charge in [0.25, 0.3) is 0 Å². The third-order valence-corrected chi connectivity index (χ3v) is 2.33. The van der Waals surface area contributed by atoms with E-state index < -0.39 is 0 Å². The van der Waals surface area contributed by atoms with Crippen molar-refractivity contribution >= 4 is 11.5 Å². The largest absolute Gasteiger partial charge is 0.396 e. The van der Waals surface area contributed by atoms with Crippen LogP contribution in [0.25, 0.3) is 0 Å². The van der Waals surface area contributed by atoms with Crippen molar-refractivity contribution < 1.29 is 0 Å². The number of hydrogen-bond donors (Lipinski definition) is 2. The van der Waals surface area contributed by atoms with E-state index in [0.717, 1.165) is 25.3 Å². The van der Waals surface area contributed by atoms with E-state index in [1.54, 1.807) is 6.07 Å².